The summed E-state index contributed by atoms with van der Waals surface area (Å²) in [5.74, 6) is -0.303. The first-order chi connectivity index (χ1) is 15.8. The fraction of sp³-hybridized carbons (Fsp3) is 0.360. The monoisotopic (exact) mass is 465 g/mol. The van der Waals surface area contributed by atoms with Crippen molar-refractivity contribution < 1.29 is 9.13 Å². The first-order valence-electron chi connectivity index (χ1n) is 11.0. The summed E-state index contributed by atoms with van der Waals surface area (Å²) in [6, 6.07) is 6.63. The van der Waals surface area contributed by atoms with Gasteiger partial charge >= 0.3 is 0 Å². The van der Waals surface area contributed by atoms with Gasteiger partial charge in [-0.15, -0.1) is 0 Å². The Bertz CT molecular complexity index is 1350. The topological polar surface area (TPSA) is 65.7 Å². The first-order valence-corrected chi connectivity index (χ1v) is 11.4. The Hall–Kier alpha value is -2.90. The highest BCUT2D eigenvalue weighted by Crippen LogP contribution is 2.41. The number of halogens is 2. The molecule has 1 fully saturated rings. The SMILES string of the molecule is Cc1nc2cc([C@@H]3C[C@@H](C)O[C@@H](c4cnn(C)c4)C3)nc(-c3ccc(Cl)cc3F)c2nc1C. The van der Waals surface area contributed by atoms with E-state index in [1.165, 1.54) is 6.07 Å². The van der Waals surface area contributed by atoms with E-state index in [0.29, 0.717) is 27.3 Å². The molecular weight excluding hydrogens is 441 g/mol. The Morgan fingerprint density at radius 3 is 2.61 bits per heavy atom. The molecule has 8 heteroatoms. The van der Waals surface area contributed by atoms with Crippen molar-refractivity contribution in [2.75, 3.05) is 0 Å². The smallest absolute Gasteiger partial charge is 0.134 e. The summed E-state index contributed by atoms with van der Waals surface area (Å²) in [6.07, 6.45) is 5.38. The molecule has 5 rings (SSSR count). The lowest BCUT2D eigenvalue weighted by atomic mass is 9.87. The third kappa shape index (κ3) is 4.23. The van der Waals surface area contributed by atoms with Gasteiger partial charge in [0.25, 0.3) is 0 Å². The molecule has 170 valence electrons. The number of pyridine rings is 1. The van der Waals surface area contributed by atoms with E-state index in [1.54, 1.807) is 16.8 Å². The van der Waals surface area contributed by atoms with Crippen LogP contribution in [0.15, 0.2) is 36.7 Å². The third-order valence-electron chi connectivity index (χ3n) is 6.30. The van der Waals surface area contributed by atoms with Crippen LogP contribution in [0.2, 0.25) is 5.02 Å². The van der Waals surface area contributed by atoms with Gasteiger partial charge in [0.1, 0.15) is 17.0 Å². The number of ether oxygens (including phenoxy) is 1. The average molecular weight is 466 g/mol. The molecular formula is C25H25ClFN5O. The largest absolute Gasteiger partial charge is 0.370 e. The van der Waals surface area contributed by atoms with Crippen molar-refractivity contribution in [1.29, 1.82) is 0 Å². The molecule has 0 spiro atoms. The fourth-order valence-electron chi connectivity index (χ4n) is 4.54. The van der Waals surface area contributed by atoms with E-state index in [4.69, 9.17) is 31.3 Å². The Morgan fingerprint density at radius 1 is 1.09 bits per heavy atom. The number of aryl methyl sites for hydroxylation is 3. The molecule has 3 aromatic heterocycles. The molecule has 4 heterocycles. The van der Waals surface area contributed by atoms with Gasteiger partial charge in [-0.3, -0.25) is 4.68 Å². The molecule has 1 aliphatic rings. The van der Waals surface area contributed by atoms with Gasteiger partial charge in [0.05, 0.1) is 35.3 Å². The molecule has 1 aromatic carbocycles. The number of fused-ring (bicyclic) bond motifs is 1. The molecule has 6 nitrogen and oxygen atoms in total. The summed E-state index contributed by atoms with van der Waals surface area (Å²) >= 11 is 6.00. The number of aromatic nitrogens is 5. The highest BCUT2D eigenvalue weighted by Gasteiger charge is 2.31. The van der Waals surface area contributed by atoms with E-state index < -0.39 is 5.82 Å². The van der Waals surface area contributed by atoms with Crippen molar-refractivity contribution in [3.63, 3.8) is 0 Å². The zero-order valence-electron chi connectivity index (χ0n) is 19.0. The average Bonchev–Trinajstić information content (AvgIpc) is 3.20. The van der Waals surface area contributed by atoms with E-state index >= 15 is 0 Å². The minimum atomic E-state index is -0.429. The van der Waals surface area contributed by atoms with Gasteiger partial charge in [-0.2, -0.15) is 5.10 Å². The minimum absolute atomic E-state index is 0.0491. The maximum atomic E-state index is 15.0. The highest BCUT2D eigenvalue weighted by molar-refractivity contribution is 6.30. The highest BCUT2D eigenvalue weighted by atomic mass is 35.5. The molecule has 0 N–H and O–H groups in total. The van der Waals surface area contributed by atoms with Gasteiger partial charge < -0.3 is 4.74 Å². The van der Waals surface area contributed by atoms with Gasteiger partial charge in [-0.05, 0) is 57.9 Å². The molecule has 1 saturated heterocycles. The van der Waals surface area contributed by atoms with Crippen LogP contribution < -0.4 is 0 Å². The van der Waals surface area contributed by atoms with Crippen molar-refractivity contribution in [1.82, 2.24) is 24.7 Å². The lowest BCUT2D eigenvalue weighted by Gasteiger charge is -2.33. The Balaban J connectivity index is 1.64. The lowest BCUT2D eigenvalue weighted by molar-refractivity contribution is -0.0506. The van der Waals surface area contributed by atoms with Gasteiger partial charge in [0.2, 0.25) is 0 Å². The molecule has 4 aromatic rings. The van der Waals surface area contributed by atoms with Crippen LogP contribution in [-0.2, 0) is 11.8 Å². The zero-order chi connectivity index (χ0) is 23.3. The van der Waals surface area contributed by atoms with E-state index in [1.807, 2.05) is 39.4 Å². The van der Waals surface area contributed by atoms with E-state index in [-0.39, 0.29) is 18.1 Å². The van der Waals surface area contributed by atoms with Crippen LogP contribution in [-0.4, -0.2) is 30.8 Å². The summed E-state index contributed by atoms with van der Waals surface area (Å²) in [5, 5.41) is 4.63. The number of rotatable bonds is 3. The molecule has 0 amide bonds. The standard InChI is InChI=1S/C25H25ClFN5O/c1-13-7-16(8-23(33-13)17-11-28-32(4)12-17)21-10-22-25(30-15(3)14(2)29-22)24(31-21)19-6-5-18(26)9-20(19)27/h5-6,9-13,16,23H,7-8H2,1-4H3/t13-,16-,23-/m1/s1. The van der Waals surface area contributed by atoms with Gasteiger partial charge in [0, 0.05) is 41.0 Å². The van der Waals surface area contributed by atoms with E-state index in [2.05, 4.69) is 12.0 Å². The molecule has 33 heavy (non-hydrogen) atoms. The van der Waals surface area contributed by atoms with Crippen molar-refractivity contribution in [3.05, 3.63) is 70.1 Å². The van der Waals surface area contributed by atoms with Crippen LogP contribution in [0.1, 0.15) is 54.4 Å². The summed E-state index contributed by atoms with van der Waals surface area (Å²) in [4.78, 5) is 14.5. The molecule has 1 aliphatic heterocycles. The number of benzene rings is 1. The van der Waals surface area contributed by atoms with Crippen LogP contribution in [0.3, 0.4) is 0 Å². The number of hydrogen-bond donors (Lipinski definition) is 0. The van der Waals surface area contributed by atoms with E-state index in [0.717, 1.165) is 35.5 Å². The number of nitrogens with zero attached hydrogens (tertiary/aromatic N) is 5. The second-order valence-corrected chi connectivity index (χ2v) is 9.27. The Labute approximate surface area is 196 Å². The van der Waals surface area contributed by atoms with Crippen LogP contribution in [0.5, 0.6) is 0 Å². The minimum Gasteiger partial charge on any atom is -0.370 e. The lowest BCUT2D eigenvalue weighted by Crippen LogP contribution is -2.25. The van der Waals surface area contributed by atoms with Crippen LogP contribution in [0.25, 0.3) is 22.3 Å². The van der Waals surface area contributed by atoms with Crippen molar-refractivity contribution >= 4 is 22.6 Å². The van der Waals surface area contributed by atoms with Crippen LogP contribution >= 0.6 is 11.6 Å². The van der Waals surface area contributed by atoms with Gasteiger partial charge in [0.15, 0.2) is 0 Å². The maximum Gasteiger partial charge on any atom is 0.134 e. The fourth-order valence-corrected chi connectivity index (χ4v) is 4.70. The molecule has 0 unspecified atom stereocenters. The zero-order valence-corrected chi connectivity index (χ0v) is 19.8. The summed E-state index contributed by atoms with van der Waals surface area (Å²) in [6.45, 7) is 5.90. The van der Waals surface area contributed by atoms with E-state index in [9.17, 15) is 4.39 Å². The van der Waals surface area contributed by atoms with Gasteiger partial charge in [-0.1, -0.05) is 11.6 Å². The second-order valence-electron chi connectivity index (χ2n) is 8.83. The summed E-state index contributed by atoms with van der Waals surface area (Å²) < 4.78 is 23.0. The quantitative estimate of drug-likeness (QED) is 0.379. The second kappa shape index (κ2) is 8.47. The van der Waals surface area contributed by atoms with Crippen molar-refractivity contribution in [3.8, 4) is 11.3 Å². The first kappa shape index (κ1) is 21.9. The summed E-state index contributed by atoms with van der Waals surface area (Å²) in [7, 11) is 1.90. The summed E-state index contributed by atoms with van der Waals surface area (Å²) in [5.41, 5.74) is 5.71. The number of hydrogen-bond acceptors (Lipinski definition) is 5. The molecule has 0 bridgehead atoms. The molecule has 0 saturated carbocycles. The predicted molar refractivity (Wildman–Crippen MR) is 126 cm³/mol. The van der Waals surface area contributed by atoms with Crippen molar-refractivity contribution in [2.24, 2.45) is 7.05 Å². The predicted octanol–water partition coefficient (Wildman–Crippen LogP) is 5.86. The molecule has 0 radical (unpaired) electrons. The molecule has 3 atom stereocenters. The van der Waals surface area contributed by atoms with Crippen LogP contribution in [0, 0.1) is 19.7 Å². The van der Waals surface area contributed by atoms with Crippen molar-refractivity contribution in [2.45, 2.75) is 51.7 Å². The molecule has 0 aliphatic carbocycles. The third-order valence-corrected chi connectivity index (χ3v) is 6.53. The Morgan fingerprint density at radius 2 is 1.88 bits per heavy atom. The normalized spacial score (nSPS) is 21.0. The van der Waals surface area contributed by atoms with Gasteiger partial charge in [-0.25, -0.2) is 19.3 Å². The Kier molecular flexibility index (Phi) is 5.62. The maximum absolute atomic E-state index is 15.0. The van der Waals surface area contributed by atoms with Crippen LogP contribution in [0.4, 0.5) is 4.39 Å².